The highest BCUT2D eigenvalue weighted by atomic mass is 16.4. The zero-order valence-electron chi connectivity index (χ0n) is 8.52. The Morgan fingerprint density at radius 3 is 2.38 bits per heavy atom. The van der Waals surface area contributed by atoms with E-state index in [-0.39, 0.29) is 18.7 Å². The van der Waals surface area contributed by atoms with E-state index in [4.69, 9.17) is 10.2 Å². The van der Waals surface area contributed by atoms with E-state index < -0.39 is 11.9 Å². The Hall–Kier alpha value is -1.89. The van der Waals surface area contributed by atoms with E-state index in [1.54, 1.807) is 0 Å². The molecular formula is C9H13N2O5. The third-order valence-corrected chi connectivity index (χ3v) is 1.57. The average Bonchev–Trinajstić information content (AvgIpc) is 2.20. The van der Waals surface area contributed by atoms with Crippen LogP contribution in [0.2, 0.25) is 0 Å². The second-order valence-electron chi connectivity index (χ2n) is 2.80. The van der Waals surface area contributed by atoms with E-state index in [1.165, 1.54) is 6.29 Å². The minimum absolute atomic E-state index is 0.00371. The van der Waals surface area contributed by atoms with Gasteiger partial charge in [-0.15, -0.1) is 0 Å². The molecule has 0 fully saturated rings. The van der Waals surface area contributed by atoms with Gasteiger partial charge >= 0.3 is 11.9 Å². The van der Waals surface area contributed by atoms with Crippen LogP contribution in [-0.4, -0.2) is 48.1 Å². The molecule has 0 aromatic carbocycles. The van der Waals surface area contributed by atoms with Crippen LogP contribution in [0.4, 0.5) is 0 Å². The van der Waals surface area contributed by atoms with Crippen LogP contribution in [0.5, 0.6) is 0 Å². The van der Waals surface area contributed by atoms with Crippen LogP contribution >= 0.6 is 0 Å². The highest BCUT2D eigenvalue weighted by Crippen LogP contribution is 1.85. The predicted molar refractivity (Wildman–Crippen MR) is 54.5 cm³/mol. The summed E-state index contributed by atoms with van der Waals surface area (Å²) in [5.41, 5.74) is -0.241. The molecule has 0 saturated carbocycles. The van der Waals surface area contributed by atoms with Crippen LogP contribution in [0.1, 0.15) is 6.42 Å². The summed E-state index contributed by atoms with van der Waals surface area (Å²) < 4.78 is 0. The van der Waals surface area contributed by atoms with Gasteiger partial charge in [-0.25, -0.2) is 4.79 Å². The Kier molecular flexibility index (Phi) is 7.43. The summed E-state index contributed by atoms with van der Waals surface area (Å²) in [6, 6.07) is 0. The van der Waals surface area contributed by atoms with Gasteiger partial charge in [0, 0.05) is 25.7 Å². The van der Waals surface area contributed by atoms with Crippen molar-refractivity contribution in [3.05, 3.63) is 11.8 Å². The first kappa shape index (κ1) is 14.1. The maximum absolute atomic E-state index is 10.5. The number of aliphatic carboxylic acids is 2. The highest BCUT2D eigenvalue weighted by molar-refractivity contribution is 5.90. The number of rotatable bonds is 9. The van der Waals surface area contributed by atoms with Gasteiger partial charge in [0.05, 0.1) is 6.42 Å². The molecule has 0 atom stereocenters. The lowest BCUT2D eigenvalue weighted by Crippen LogP contribution is -2.30. The lowest BCUT2D eigenvalue weighted by molar-refractivity contribution is -0.137. The second-order valence-corrected chi connectivity index (χ2v) is 2.80. The quantitative estimate of drug-likeness (QED) is 0.287. The van der Waals surface area contributed by atoms with Crippen molar-refractivity contribution in [1.82, 2.24) is 10.6 Å². The second kappa shape index (κ2) is 8.42. The minimum atomic E-state index is -1.24. The van der Waals surface area contributed by atoms with Crippen LogP contribution in [0.25, 0.3) is 0 Å². The van der Waals surface area contributed by atoms with E-state index in [0.29, 0.717) is 13.1 Å². The molecule has 0 amide bonds. The predicted octanol–water partition coefficient (Wildman–Crippen LogP) is -1.28. The van der Waals surface area contributed by atoms with E-state index in [2.05, 4.69) is 10.6 Å². The molecule has 16 heavy (non-hydrogen) atoms. The molecule has 7 heteroatoms. The maximum atomic E-state index is 10.5. The molecule has 0 spiro atoms. The van der Waals surface area contributed by atoms with Gasteiger partial charge in [0.1, 0.15) is 5.70 Å². The molecule has 0 aliphatic heterocycles. The number of carboxylic acid groups (broad SMARTS) is 2. The third-order valence-electron chi connectivity index (χ3n) is 1.57. The van der Waals surface area contributed by atoms with Gasteiger partial charge in [0.2, 0.25) is 6.29 Å². The van der Waals surface area contributed by atoms with E-state index >= 15 is 0 Å². The Balaban J connectivity index is 3.64. The molecule has 0 rings (SSSR count). The summed E-state index contributed by atoms with van der Waals surface area (Å²) in [5, 5.41) is 22.2. The normalized spacial score (nSPS) is 10.9. The zero-order valence-corrected chi connectivity index (χ0v) is 8.52. The van der Waals surface area contributed by atoms with Gasteiger partial charge in [-0.3, -0.25) is 9.59 Å². The van der Waals surface area contributed by atoms with Crippen molar-refractivity contribution in [3.63, 3.8) is 0 Å². The summed E-state index contributed by atoms with van der Waals surface area (Å²) >= 11 is 0. The van der Waals surface area contributed by atoms with Crippen LogP contribution in [0.3, 0.4) is 0 Å². The standard InChI is InChI=1S/C9H13N2O5/c12-6-2-7(9(15)16)11-5-4-10-3-1-8(13)14/h2,10-11H,1,3-5H2,(H,13,14)(H,15,16)/b7-2-. The van der Waals surface area contributed by atoms with Crippen LogP contribution < -0.4 is 10.6 Å². The number of hydrogen-bond donors (Lipinski definition) is 4. The lowest BCUT2D eigenvalue weighted by atomic mass is 10.4. The summed E-state index contributed by atoms with van der Waals surface area (Å²) in [6.07, 6.45) is 2.16. The molecule has 1 radical (unpaired) electrons. The summed E-state index contributed by atoms with van der Waals surface area (Å²) in [4.78, 5) is 30.6. The summed E-state index contributed by atoms with van der Waals surface area (Å²) in [6.45, 7) is 0.985. The molecule has 89 valence electrons. The SMILES string of the molecule is O=[C]/C=C(\NCCNCCC(=O)O)C(=O)O. The maximum Gasteiger partial charge on any atom is 0.352 e. The van der Waals surface area contributed by atoms with Crippen molar-refractivity contribution in [1.29, 1.82) is 0 Å². The Morgan fingerprint density at radius 2 is 1.88 bits per heavy atom. The molecule has 0 aliphatic carbocycles. The third kappa shape index (κ3) is 7.51. The number of carboxylic acids is 2. The highest BCUT2D eigenvalue weighted by Gasteiger charge is 2.04. The first-order valence-corrected chi connectivity index (χ1v) is 4.55. The molecule has 0 aliphatic rings. The fraction of sp³-hybridized carbons (Fsp3) is 0.444. The fourth-order valence-electron chi connectivity index (χ4n) is 0.853. The molecule has 0 bridgehead atoms. The van der Waals surface area contributed by atoms with Crippen molar-refractivity contribution < 1.29 is 24.6 Å². The molecular weight excluding hydrogens is 216 g/mol. The zero-order chi connectivity index (χ0) is 12.4. The van der Waals surface area contributed by atoms with Crippen LogP contribution in [-0.2, 0) is 14.4 Å². The Morgan fingerprint density at radius 1 is 1.19 bits per heavy atom. The van der Waals surface area contributed by atoms with E-state index in [1.807, 2.05) is 0 Å². The van der Waals surface area contributed by atoms with Crippen molar-refractivity contribution in [3.8, 4) is 0 Å². The number of carbonyl (C=O) groups is 2. The molecule has 7 nitrogen and oxygen atoms in total. The van der Waals surface area contributed by atoms with Gasteiger partial charge in [0.25, 0.3) is 0 Å². The van der Waals surface area contributed by atoms with Gasteiger partial charge in [-0.2, -0.15) is 0 Å². The van der Waals surface area contributed by atoms with Gasteiger partial charge in [0.15, 0.2) is 0 Å². The number of allylic oxidation sites excluding steroid dienone is 1. The van der Waals surface area contributed by atoms with Crippen molar-refractivity contribution in [2.24, 2.45) is 0 Å². The molecule has 4 N–H and O–H groups in total. The topological polar surface area (TPSA) is 116 Å². The van der Waals surface area contributed by atoms with Gasteiger partial charge < -0.3 is 20.8 Å². The van der Waals surface area contributed by atoms with Crippen molar-refractivity contribution in [2.45, 2.75) is 6.42 Å². The Bertz CT molecular complexity index is 288. The van der Waals surface area contributed by atoms with Crippen LogP contribution in [0, 0.1) is 0 Å². The molecule has 0 aromatic heterocycles. The van der Waals surface area contributed by atoms with Crippen LogP contribution in [0.15, 0.2) is 11.8 Å². The first-order valence-electron chi connectivity index (χ1n) is 4.55. The van der Waals surface area contributed by atoms with Gasteiger partial charge in [-0.1, -0.05) is 0 Å². The summed E-state index contributed by atoms with van der Waals surface area (Å²) in [5.74, 6) is -2.14. The molecule has 0 unspecified atom stereocenters. The monoisotopic (exact) mass is 229 g/mol. The van der Waals surface area contributed by atoms with Gasteiger partial charge in [-0.05, 0) is 0 Å². The molecule has 0 saturated heterocycles. The minimum Gasteiger partial charge on any atom is -0.481 e. The number of nitrogens with one attached hydrogen (secondary N) is 2. The average molecular weight is 229 g/mol. The van der Waals surface area contributed by atoms with E-state index in [0.717, 1.165) is 6.08 Å². The first-order chi connectivity index (χ1) is 7.57. The van der Waals surface area contributed by atoms with Crippen molar-refractivity contribution in [2.75, 3.05) is 19.6 Å². The number of carbonyl (C=O) groups excluding carboxylic acids is 1. The largest absolute Gasteiger partial charge is 0.481 e. The summed E-state index contributed by atoms with van der Waals surface area (Å²) in [7, 11) is 0. The molecule has 0 heterocycles. The number of hydrogen-bond acceptors (Lipinski definition) is 5. The molecule has 0 aromatic rings. The fourth-order valence-corrected chi connectivity index (χ4v) is 0.853. The van der Waals surface area contributed by atoms with E-state index in [9.17, 15) is 14.4 Å². The van der Waals surface area contributed by atoms with Crippen molar-refractivity contribution >= 4 is 18.2 Å². The Labute approximate surface area is 92.1 Å². The smallest absolute Gasteiger partial charge is 0.352 e. The lowest BCUT2D eigenvalue weighted by Gasteiger charge is -2.06.